The van der Waals surface area contributed by atoms with Gasteiger partial charge in [-0.15, -0.1) is 0 Å². The van der Waals surface area contributed by atoms with Gasteiger partial charge in [0.05, 0.1) is 10.9 Å². The number of nitrogens with zero attached hydrogens (tertiary/aromatic N) is 1. The maximum absolute atomic E-state index is 13.8. The fourth-order valence-corrected chi connectivity index (χ4v) is 4.69. The largest absolute Gasteiger partial charge is 0.508 e. The second kappa shape index (κ2) is 8.76. The Bertz CT molecular complexity index is 1440. The first-order chi connectivity index (χ1) is 16.4. The van der Waals surface area contributed by atoms with E-state index in [1.54, 1.807) is 34.9 Å². The molecule has 1 aromatic heterocycles. The van der Waals surface area contributed by atoms with Crippen LogP contribution in [-0.2, 0) is 4.74 Å². The van der Waals surface area contributed by atoms with Crippen molar-refractivity contribution >= 4 is 16.7 Å². The summed E-state index contributed by atoms with van der Waals surface area (Å²) in [7, 11) is 0. The summed E-state index contributed by atoms with van der Waals surface area (Å²) in [6.45, 7) is 1.10. The number of rotatable bonds is 4. The van der Waals surface area contributed by atoms with Crippen molar-refractivity contribution in [1.29, 1.82) is 0 Å². The Morgan fingerprint density at radius 2 is 1.62 bits per heavy atom. The van der Waals surface area contributed by atoms with Gasteiger partial charge in [-0.2, -0.15) is 0 Å². The lowest BCUT2D eigenvalue weighted by Gasteiger charge is -2.29. The molecule has 0 radical (unpaired) electrons. The van der Waals surface area contributed by atoms with Crippen molar-refractivity contribution in [2.45, 2.75) is 18.8 Å². The third-order valence-electron chi connectivity index (χ3n) is 6.32. The lowest BCUT2D eigenvalue weighted by atomic mass is 9.86. The van der Waals surface area contributed by atoms with Gasteiger partial charge >= 0.3 is 5.97 Å². The van der Waals surface area contributed by atoms with Crippen LogP contribution >= 0.6 is 0 Å². The van der Waals surface area contributed by atoms with E-state index in [0.29, 0.717) is 42.5 Å². The summed E-state index contributed by atoms with van der Waals surface area (Å²) in [5, 5.41) is 20.4. The third-order valence-corrected chi connectivity index (χ3v) is 6.32. The Kier molecular flexibility index (Phi) is 5.63. The van der Waals surface area contributed by atoms with Crippen LogP contribution in [-0.4, -0.2) is 34.0 Å². The predicted molar refractivity (Wildman–Crippen MR) is 126 cm³/mol. The summed E-state index contributed by atoms with van der Waals surface area (Å²) in [5.41, 5.74) is 2.60. The number of phenolic OH excluding ortho intramolecular Hbond substituents is 1. The molecule has 4 aromatic rings. The molecule has 0 aliphatic carbocycles. The molecule has 0 atom stereocenters. The molecule has 2 heterocycles. The molecule has 7 heteroatoms. The van der Waals surface area contributed by atoms with Crippen LogP contribution in [0.1, 0.15) is 34.8 Å². The number of phenols is 1. The van der Waals surface area contributed by atoms with Gasteiger partial charge in [0.15, 0.2) is 0 Å². The number of aromatic nitrogens is 1. The van der Waals surface area contributed by atoms with Crippen molar-refractivity contribution in [3.05, 3.63) is 94.2 Å². The lowest BCUT2D eigenvalue weighted by Crippen LogP contribution is -2.27. The van der Waals surface area contributed by atoms with Crippen LogP contribution in [0.3, 0.4) is 0 Å². The van der Waals surface area contributed by atoms with Crippen molar-refractivity contribution in [2.75, 3.05) is 13.2 Å². The van der Waals surface area contributed by atoms with E-state index in [4.69, 9.17) is 4.74 Å². The summed E-state index contributed by atoms with van der Waals surface area (Å²) in [5.74, 6) is -1.48. The highest BCUT2D eigenvalue weighted by Gasteiger charge is 2.27. The zero-order valence-corrected chi connectivity index (χ0v) is 18.2. The molecule has 0 spiro atoms. The zero-order valence-electron chi connectivity index (χ0n) is 18.2. The van der Waals surface area contributed by atoms with Crippen LogP contribution in [0, 0.1) is 5.82 Å². The van der Waals surface area contributed by atoms with Gasteiger partial charge in [-0.05, 0) is 78.4 Å². The van der Waals surface area contributed by atoms with Crippen LogP contribution < -0.4 is 5.56 Å². The van der Waals surface area contributed by atoms with Crippen molar-refractivity contribution < 1.29 is 24.1 Å². The third kappa shape index (κ3) is 3.84. The number of carbonyl (C=O) groups is 1. The minimum Gasteiger partial charge on any atom is -0.508 e. The molecule has 172 valence electrons. The number of pyridine rings is 1. The summed E-state index contributed by atoms with van der Waals surface area (Å²) in [6, 6.07) is 16.9. The molecular weight excluding hydrogens is 437 g/mol. The number of aromatic carboxylic acids is 1. The van der Waals surface area contributed by atoms with Crippen molar-refractivity contribution in [2.24, 2.45) is 0 Å². The number of ether oxygens (including phenoxy) is 1. The van der Waals surface area contributed by atoms with E-state index in [-0.39, 0.29) is 28.6 Å². The molecule has 1 saturated heterocycles. The first-order valence-electron chi connectivity index (χ1n) is 11.0. The van der Waals surface area contributed by atoms with Crippen LogP contribution in [0.5, 0.6) is 5.75 Å². The van der Waals surface area contributed by atoms with Crippen LogP contribution in [0.15, 0.2) is 71.5 Å². The molecule has 5 rings (SSSR count). The van der Waals surface area contributed by atoms with Crippen molar-refractivity contribution in [1.82, 2.24) is 4.57 Å². The van der Waals surface area contributed by atoms with Gasteiger partial charge in [-0.1, -0.05) is 12.1 Å². The first kappa shape index (κ1) is 21.9. The molecule has 0 amide bonds. The number of fused-ring (bicyclic) bond motifs is 1. The molecule has 6 nitrogen and oxygen atoms in total. The quantitative estimate of drug-likeness (QED) is 0.444. The number of carboxylic acid groups (broad SMARTS) is 1. The molecule has 1 aliphatic rings. The zero-order chi connectivity index (χ0) is 23.8. The molecule has 0 unspecified atom stereocenters. The molecule has 3 aromatic carbocycles. The topological polar surface area (TPSA) is 88.8 Å². The summed E-state index contributed by atoms with van der Waals surface area (Å²) >= 11 is 0. The number of hydrogen-bond donors (Lipinski definition) is 2. The van der Waals surface area contributed by atoms with Gasteiger partial charge in [0.25, 0.3) is 5.56 Å². The molecule has 0 saturated carbocycles. The second-order valence-electron chi connectivity index (χ2n) is 8.38. The standard InChI is InChI=1S/C27H22FNO5/c28-19-5-1-16(2-6-19)24-22-10-9-21(30)15-23(22)26(31)29(25(24)17-11-13-34-14-12-17)20-7-3-18(4-8-20)27(32)33/h1-10,15,17,30H,11-14H2,(H,32,33). The van der Waals surface area contributed by atoms with E-state index in [2.05, 4.69) is 0 Å². The maximum atomic E-state index is 13.8. The smallest absolute Gasteiger partial charge is 0.335 e. The minimum atomic E-state index is -1.06. The number of hydrogen-bond acceptors (Lipinski definition) is 4. The van der Waals surface area contributed by atoms with E-state index in [9.17, 15) is 24.2 Å². The van der Waals surface area contributed by atoms with E-state index < -0.39 is 5.97 Å². The van der Waals surface area contributed by atoms with Crippen LogP contribution in [0.2, 0.25) is 0 Å². The predicted octanol–water partition coefficient (Wildman–Crippen LogP) is 5.09. The summed E-state index contributed by atoms with van der Waals surface area (Å²) in [6.07, 6.45) is 1.40. The van der Waals surface area contributed by atoms with Crippen molar-refractivity contribution in [3.63, 3.8) is 0 Å². The number of carboxylic acids is 1. The highest BCUT2D eigenvalue weighted by atomic mass is 19.1. The van der Waals surface area contributed by atoms with E-state index in [1.807, 2.05) is 0 Å². The Morgan fingerprint density at radius 3 is 2.26 bits per heavy atom. The van der Waals surface area contributed by atoms with Crippen LogP contribution in [0.4, 0.5) is 4.39 Å². The van der Waals surface area contributed by atoms with Gasteiger partial charge in [0, 0.05) is 36.1 Å². The summed E-state index contributed by atoms with van der Waals surface area (Å²) < 4.78 is 21.0. The van der Waals surface area contributed by atoms with Gasteiger partial charge in [-0.3, -0.25) is 9.36 Å². The average Bonchev–Trinajstić information content (AvgIpc) is 2.85. The second-order valence-corrected chi connectivity index (χ2v) is 8.38. The van der Waals surface area contributed by atoms with Gasteiger partial charge < -0.3 is 14.9 Å². The Morgan fingerprint density at radius 1 is 0.941 bits per heavy atom. The van der Waals surface area contributed by atoms with E-state index in [0.717, 1.165) is 16.8 Å². The maximum Gasteiger partial charge on any atom is 0.335 e. The van der Waals surface area contributed by atoms with Gasteiger partial charge in [0.1, 0.15) is 11.6 Å². The van der Waals surface area contributed by atoms with Gasteiger partial charge in [-0.25, -0.2) is 9.18 Å². The fourth-order valence-electron chi connectivity index (χ4n) is 4.69. The monoisotopic (exact) mass is 459 g/mol. The Balaban J connectivity index is 1.90. The van der Waals surface area contributed by atoms with Gasteiger partial charge in [0.2, 0.25) is 0 Å². The molecule has 1 aliphatic heterocycles. The normalized spacial score (nSPS) is 14.4. The highest BCUT2D eigenvalue weighted by Crippen LogP contribution is 2.40. The number of benzene rings is 3. The number of halogens is 1. The molecular formula is C27H22FNO5. The molecule has 2 N–H and O–H groups in total. The summed E-state index contributed by atoms with van der Waals surface area (Å²) in [4.78, 5) is 25.2. The molecule has 0 bridgehead atoms. The van der Waals surface area contributed by atoms with Crippen molar-refractivity contribution in [3.8, 4) is 22.6 Å². The highest BCUT2D eigenvalue weighted by molar-refractivity contribution is 5.98. The fraction of sp³-hybridized carbons (Fsp3) is 0.185. The Hall–Kier alpha value is -3.97. The Labute approximate surface area is 194 Å². The SMILES string of the molecule is O=C(O)c1ccc(-n2c(C3CCOCC3)c(-c3ccc(F)cc3)c3ccc(O)cc3c2=O)cc1. The minimum absolute atomic E-state index is 0.0149. The first-order valence-corrected chi connectivity index (χ1v) is 11.0. The molecule has 1 fully saturated rings. The number of aromatic hydroxyl groups is 1. The molecule has 34 heavy (non-hydrogen) atoms. The van der Waals surface area contributed by atoms with E-state index in [1.165, 1.54) is 36.4 Å². The van der Waals surface area contributed by atoms with E-state index >= 15 is 0 Å². The lowest BCUT2D eigenvalue weighted by molar-refractivity contribution is 0.0696. The van der Waals surface area contributed by atoms with Crippen LogP contribution in [0.25, 0.3) is 27.6 Å². The average molecular weight is 459 g/mol.